The summed E-state index contributed by atoms with van der Waals surface area (Å²) in [5, 5.41) is 2.04. The molecule has 1 aromatic heterocycles. The summed E-state index contributed by atoms with van der Waals surface area (Å²) < 4.78 is 5.41. The van der Waals surface area contributed by atoms with E-state index in [0.717, 1.165) is 17.9 Å². The lowest BCUT2D eigenvalue weighted by atomic mass is 10.2. The van der Waals surface area contributed by atoms with E-state index in [1.165, 1.54) is 4.88 Å². The molecule has 5 heteroatoms. The lowest BCUT2D eigenvalue weighted by Gasteiger charge is -2.29. The van der Waals surface area contributed by atoms with Crippen LogP contribution in [0, 0.1) is 0 Å². The normalized spacial score (nSPS) is 14.1. The SMILES string of the molecule is Nc1ccc2c(c1)N(CCc1cccs1)C(=O)CO2. The van der Waals surface area contributed by atoms with Crippen LogP contribution in [0.15, 0.2) is 35.7 Å². The van der Waals surface area contributed by atoms with Gasteiger partial charge in [0.15, 0.2) is 6.61 Å². The Kier molecular flexibility index (Phi) is 3.13. The molecule has 0 aliphatic carbocycles. The molecule has 1 aliphatic rings. The zero-order chi connectivity index (χ0) is 13.2. The van der Waals surface area contributed by atoms with Gasteiger partial charge in [-0.25, -0.2) is 0 Å². The minimum absolute atomic E-state index is 0.0188. The zero-order valence-corrected chi connectivity index (χ0v) is 11.2. The summed E-state index contributed by atoms with van der Waals surface area (Å²) in [5.74, 6) is 0.703. The molecule has 3 rings (SSSR count). The lowest BCUT2D eigenvalue weighted by molar-refractivity contribution is -0.121. The van der Waals surface area contributed by atoms with Gasteiger partial charge in [-0.05, 0) is 36.1 Å². The van der Waals surface area contributed by atoms with Gasteiger partial charge < -0.3 is 15.4 Å². The summed E-state index contributed by atoms with van der Waals surface area (Å²) in [5.41, 5.74) is 7.20. The van der Waals surface area contributed by atoms with E-state index >= 15 is 0 Å². The van der Waals surface area contributed by atoms with Crippen LogP contribution in [0.25, 0.3) is 0 Å². The van der Waals surface area contributed by atoms with Crippen LogP contribution < -0.4 is 15.4 Å². The number of rotatable bonds is 3. The van der Waals surface area contributed by atoms with Crippen LogP contribution in [0.4, 0.5) is 11.4 Å². The van der Waals surface area contributed by atoms with Crippen molar-refractivity contribution in [3.05, 3.63) is 40.6 Å². The molecule has 0 bridgehead atoms. The minimum Gasteiger partial charge on any atom is -0.482 e. The summed E-state index contributed by atoms with van der Waals surface area (Å²) in [7, 11) is 0. The number of nitrogens with two attached hydrogens (primary N) is 1. The van der Waals surface area contributed by atoms with Gasteiger partial charge in [0.25, 0.3) is 5.91 Å². The molecule has 0 spiro atoms. The topological polar surface area (TPSA) is 55.6 Å². The van der Waals surface area contributed by atoms with Crippen molar-refractivity contribution >= 4 is 28.6 Å². The molecule has 1 aromatic carbocycles. The second-order valence-corrected chi connectivity index (χ2v) is 5.42. The molecule has 4 nitrogen and oxygen atoms in total. The van der Waals surface area contributed by atoms with E-state index < -0.39 is 0 Å². The molecule has 0 saturated heterocycles. The van der Waals surface area contributed by atoms with E-state index in [1.807, 2.05) is 17.5 Å². The number of fused-ring (bicyclic) bond motifs is 1. The molecule has 0 fully saturated rings. The fourth-order valence-corrected chi connectivity index (χ4v) is 2.84. The van der Waals surface area contributed by atoms with Crippen molar-refractivity contribution in [2.45, 2.75) is 6.42 Å². The van der Waals surface area contributed by atoms with Crippen molar-refractivity contribution in [3.63, 3.8) is 0 Å². The van der Waals surface area contributed by atoms with E-state index in [1.54, 1.807) is 28.4 Å². The van der Waals surface area contributed by atoms with Crippen LogP contribution in [0.1, 0.15) is 4.88 Å². The van der Waals surface area contributed by atoms with Gasteiger partial charge in [-0.1, -0.05) is 6.07 Å². The maximum atomic E-state index is 12.0. The van der Waals surface area contributed by atoms with E-state index in [2.05, 4.69) is 6.07 Å². The molecular weight excluding hydrogens is 260 g/mol. The third kappa shape index (κ3) is 2.42. The van der Waals surface area contributed by atoms with Crippen LogP contribution in [0.5, 0.6) is 5.75 Å². The number of anilines is 2. The van der Waals surface area contributed by atoms with Crippen molar-refractivity contribution in [1.82, 2.24) is 0 Å². The van der Waals surface area contributed by atoms with Crippen molar-refractivity contribution in [2.24, 2.45) is 0 Å². The van der Waals surface area contributed by atoms with Crippen LogP contribution >= 0.6 is 11.3 Å². The molecule has 1 aliphatic heterocycles. The predicted molar refractivity (Wildman–Crippen MR) is 76.7 cm³/mol. The average Bonchev–Trinajstić information content (AvgIpc) is 2.91. The Hall–Kier alpha value is -2.01. The van der Waals surface area contributed by atoms with Crippen molar-refractivity contribution in [3.8, 4) is 5.75 Å². The number of amides is 1. The quantitative estimate of drug-likeness (QED) is 0.874. The Morgan fingerprint density at radius 2 is 2.26 bits per heavy atom. The highest BCUT2D eigenvalue weighted by Gasteiger charge is 2.25. The Labute approximate surface area is 115 Å². The summed E-state index contributed by atoms with van der Waals surface area (Å²) in [6, 6.07) is 9.49. The molecular formula is C14H14N2O2S. The number of carbonyl (C=O) groups is 1. The van der Waals surface area contributed by atoms with E-state index in [-0.39, 0.29) is 12.5 Å². The standard InChI is InChI=1S/C14H14N2O2S/c15-10-3-4-13-12(8-10)16(14(17)9-18-13)6-5-11-2-1-7-19-11/h1-4,7-8H,5-6,9,15H2. The Bertz CT molecular complexity index is 595. The molecule has 0 radical (unpaired) electrons. The number of ether oxygens (including phenoxy) is 1. The van der Waals surface area contributed by atoms with Crippen molar-refractivity contribution in [2.75, 3.05) is 23.8 Å². The first-order chi connectivity index (χ1) is 9.24. The molecule has 2 N–H and O–H groups in total. The van der Waals surface area contributed by atoms with Gasteiger partial charge in [0.05, 0.1) is 5.69 Å². The summed E-state index contributed by atoms with van der Waals surface area (Å²) in [6.07, 6.45) is 0.845. The Morgan fingerprint density at radius 3 is 3.05 bits per heavy atom. The number of benzene rings is 1. The Morgan fingerprint density at radius 1 is 1.37 bits per heavy atom. The molecule has 19 heavy (non-hydrogen) atoms. The fraction of sp³-hybridized carbons (Fsp3) is 0.214. The lowest BCUT2D eigenvalue weighted by Crippen LogP contribution is -2.40. The second-order valence-electron chi connectivity index (χ2n) is 4.39. The first-order valence-corrected chi connectivity index (χ1v) is 6.97. The van der Waals surface area contributed by atoms with Crippen LogP contribution in [-0.2, 0) is 11.2 Å². The number of hydrogen-bond acceptors (Lipinski definition) is 4. The van der Waals surface area contributed by atoms with E-state index in [0.29, 0.717) is 12.2 Å². The monoisotopic (exact) mass is 274 g/mol. The third-order valence-corrected chi connectivity index (χ3v) is 4.02. The second kappa shape index (κ2) is 4.93. The van der Waals surface area contributed by atoms with Gasteiger partial charge in [-0.15, -0.1) is 11.3 Å². The zero-order valence-electron chi connectivity index (χ0n) is 10.3. The van der Waals surface area contributed by atoms with Gasteiger partial charge in [0.1, 0.15) is 5.75 Å². The predicted octanol–water partition coefficient (Wildman–Crippen LogP) is 2.30. The summed E-state index contributed by atoms with van der Waals surface area (Å²) in [6.45, 7) is 0.751. The maximum Gasteiger partial charge on any atom is 0.265 e. The van der Waals surface area contributed by atoms with E-state index in [4.69, 9.17) is 10.5 Å². The van der Waals surface area contributed by atoms with E-state index in [9.17, 15) is 4.79 Å². The van der Waals surface area contributed by atoms with Gasteiger partial charge in [-0.3, -0.25) is 4.79 Å². The highest BCUT2D eigenvalue weighted by atomic mass is 32.1. The van der Waals surface area contributed by atoms with Gasteiger partial charge in [0, 0.05) is 17.1 Å². The number of nitrogens with zero attached hydrogens (tertiary/aromatic N) is 1. The number of hydrogen-bond donors (Lipinski definition) is 1. The fourth-order valence-electron chi connectivity index (χ4n) is 2.14. The molecule has 2 heterocycles. The van der Waals surface area contributed by atoms with Crippen LogP contribution in [-0.4, -0.2) is 19.1 Å². The third-order valence-electron chi connectivity index (χ3n) is 3.09. The summed E-state index contributed by atoms with van der Waals surface area (Å²) in [4.78, 5) is 15.0. The molecule has 2 aromatic rings. The largest absolute Gasteiger partial charge is 0.482 e. The molecule has 0 atom stereocenters. The smallest absolute Gasteiger partial charge is 0.265 e. The first-order valence-electron chi connectivity index (χ1n) is 6.09. The number of carbonyl (C=O) groups excluding carboxylic acids is 1. The van der Waals surface area contributed by atoms with Crippen LogP contribution in [0.2, 0.25) is 0 Å². The first kappa shape index (κ1) is 12.0. The molecule has 98 valence electrons. The number of thiophene rings is 1. The maximum absolute atomic E-state index is 12.0. The molecule has 0 unspecified atom stereocenters. The van der Waals surface area contributed by atoms with Crippen LogP contribution in [0.3, 0.4) is 0 Å². The highest BCUT2D eigenvalue weighted by molar-refractivity contribution is 7.09. The highest BCUT2D eigenvalue weighted by Crippen LogP contribution is 2.33. The molecule has 0 saturated carbocycles. The minimum atomic E-state index is -0.0188. The van der Waals surface area contributed by atoms with Gasteiger partial charge >= 0.3 is 0 Å². The van der Waals surface area contributed by atoms with Gasteiger partial charge in [-0.2, -0.15) is 0 Å². The van der Waals surface area contributed by atoms with Crippen molar-refractivity contribution < 1.29 is 9.53 Å². The van der Waals surface area contributed by atoms with Gasteiger partial charge in [0.2, 0.25) is 0 Å². The number of nitrogen functional groups attached to an aromatic ring is 1. The molecule has 1 amide bonds. The Balaban J connectivity index is 1.84. The average molecular weight is 274 g/mol. The summed E-state index contributed by atoms with van der Waals surface area (Å²) >= 11 is 1.70. The van der Waals surface area contributed by atoms with Crippen molar-refractivity contribution in [1.29, 1.82) is 0 Å².